The van der Waals surface area contributed by atoms with Crippen LogP contribution in [0.1, 0.15) is 24.5 Å². The highest BCUT2D eigenvalue weighted by Gasteiger charge is 2.25. The Morgan fingerprint density at radius 3 is 2.88 bits per heavy atom. The van der Waals surface area contributed by atoms with Crippen LogP contribution in [-0.4, -0.2) is 48.3 Å². The lowest BCUT2D eigenvalue weighted by atomic mass is 10.1. The molecule has 2 heterocycles. The molecule has 3 aromatic rings. The molecule has 0 saturated carbocycles. The van der Waals surface area contributed by atoms with E-state index in [-0.39, 0.29) is 0 Å². The summed E-state index contributed by atoms with van der Waals surface area (Å²) in [5.41, 5.74) is 3.59. The number of aliphatic imine (C=N–C) groups is 1. The largest absolute Gasteiger partial charge is 0.495 e. The zero-order valence-corrected chi connectivity index (χ0v) is 18.9. The Morgan fingerprint density at radius 1 is 1.19 bits per heavy atom. The van der Waals surface area contributed by atoms with Crippen LogP contribution >= 0.6 is 0 Å². The molecule has 168 valence electrons. The molecule has 4 rings (SSSR count). The predicted molar refractivity (Wildman–Crippen MR) is 129 cm³/mol. The summed E-state index contributed by atoms with van der Waals surface area (Å²) >= 11 is 0. The number of aromatic nitrogens is 2. The number of nitrogens with zero attached hydrogens (tertiary/aromatic N) is 4. The first-order valence-corrected chi connectivity index (χ1v) is 11.2. The van der Waals surface area contributed by atoms with Crippen molar-refractivity contribution in [2.45, 2.75) is 32.5 Å². The molecule has 1 aliphatic rings. The minimum Gasteiger partial charge on any atom is -0.495 e. The minimum atomic E-state index is 0.338. The SMILES string of the molecule is CCNC(=NCc1cccc(Cn2ccnc2)c1)NC1CCN(c2ccccc2OC)C1. The highest BCUT2D eigenvalue weighted by atomic mass is 16.5. The van der Waals surface area contributed by atoms with Gasteiger partial charge >= 0.3 is 0 Å². The van der Waals surface area contributed by atoms with Crippen molar-refractivity contribution in [1.82, 2.24) is 20.2 Å². The first-order chi connectivity index (χ1) is 15.7. The molecule has 2 N–H and O–H groups in total. The van der Waals surface area contributed by atoms with Crippen molar-refractivity contribution in [3.63, 3.8) is 0 Å². The first kappa shape index (κ1) is 21.7. The fourth-order valence-corrected chi connectivity index (χ4v) is 4.09. The Bertz CT molecular complexity index is 1020. The van der Waals surface area contributed by atoms with E-state index < -0.39 is 0 Å². The van der Waals surface area contributed by atoms with E-state index in [9.17, 15) is 0 Å². The highest BCUT2D eigenvalue weighted by molar-refractivity contribution is 5.80. The molecule has 1 aromatic heterocycles. The van der Waals surface area contributed by atoms with Gasteiger partial charge in [-0.3, -0.25) is 0 Å². The highest BCUT2D eigenvalue weighted by Crippen LogP contribution is 2.30. The van der Waals surface area contributed by atoms with Gasteiger partial charge in [0.25, 0.3) is 0 Å². The van der Waals surface area contributed by atoms with Crippen molar-refractivity contribution in [2.24, 2.45) is 4.99 Å². The van der Waals surface area contributed by atoms with Gasteiger partial charge in [-0.2, -0.15) is 0 Å². The van der Waals surface area contributed by atoms with Crippen LogP contribution < -0.4 is 20.3 Å². The van der Waals surface area contributed by atoms with Gasteiger partial charge in [0.2, 0.25) is 0 Å². The molecule has 1 saturated heterocycles. The lowest BCUT2D eigenvalue weighted by Gasteiger charge is -2.22. The maximum absolute atomic E-state index is 5.54. The molecule has 7 heteroatoms. The molecule has 1 fully saturated rings. The Morgan fingerprint density at radius 2 is 2.06 bits per heavy atom. The second-order valence-corrected chi connectivity index (χ2v) is 8.00. The lowest BCUT2D eigenvalue weighted by Crippen LogP contribution is -2.44. The minimum absolute atomic E-state index is 0.338. The van der Waals surface area contributed by atoms with E-state index in [1.807, 2.05) is 24.7 Å². The lowest BCUT2D eigenvalue weighted by molar-refractivity contribution is 0.415. The van der Waals surface area contributed by atoms with E-state index in [4.69, 9.17) is 9.73 Å². The third-order valence-electron chi connectivity index (χ3n) is 5.63. The van der Waals surface area contributed by atoms with Crippen molar-refractivity contribution in [3.05, 3.63) is 78.4 Å². The van der Waals surface area contributed by atoms with Crippen LogP contribution in [0.5, 0.6) is 5.75 Å². The van der Waals surface area contributed by atoms with Crippen LogP contribution in [-0.2, 0) is 13.1 Å². The number of rotatable bonds is 8. The summed E-state index contributed by atoms with van der Waals surface area (Å²) in [6.07, 6.45) is 6.69. The molecule has 7 nitrogen and oxygen atoms in total. The van der Waals surface area contributed by atoms with Gasteiger partial charge in [-0.25, -0.2) is 9.98 Å². The average Bonchev–Trinajstić information content (AvgIpc) is 3.50. The number of hydrogen-bond donors (Lipinski definition) is 2. The molecule has 0 bridgehead atoms. The molecule has 1 unspecified atom stereocenters. The average molecular weight is 433 g/mol. The van der Waals surface area contributed by atoms with Crippen LogP contribution in [0.15, 0.2) is 72.2 Å². The Labute approximate surface area is 190 Å². The number of methoxy groups -OCH3 is 1. The van der Waals surface area contributed by atoms with Gasteiger partial charge in [0, 0.05) is 44.6 Å². The second-order valence-electron chi connectivity index (χ2n) is 8.00. The Balaban J connectivity index is 1.37. The van der Waals surface area contributed by atoms with Crippen LogP contribution in [0.2, 0.25) is 0 Å². The quantitative estimate of drug-likeness (QED) is 0.422. The summed E-state index contributed by atoms with van der Waals surface area (Å²) in [4.78, 5) is 11.3. The molecule has 0 spiro atoms. The summed E-state index contributed by atoms with van der Waals surface area (Å²) < 4.78 is 7.61. The zero-order chi connectivity index (χ0) is 22.2. The smallest absolute Gasteiger partial charge is 0.191 e. The van der Waals surface area contributed by atoms with Crippen LogP contribution in [0.3, 0.4) is 0 Å². The van der Waals surface area contributed by atoms with E-state index in [2.05, 4.69) is 68.4 Å². The predicted octanol–water partition coefficient (Wildman–Crippen LogP) is 3.27. The second kappa shape index (κ2) is 10.7. The monoisotopic (exact) mass is 432 g/mol. The third-order valence-corrected chi connectivity index (χ3v) is 5.63. The molecule has 32 heavy (non-hydrogen) atoms. The third kappa shape index (κ3) is 5.60. The van der Waals surface area contributed by atoms with Crippen LogP contribution in [0.4, 0.5) is 5.69 Å². The molecule has 1 atom stereocenters. The van der Waals surface area contributed by atoms with Crippen LogP contribution in [0, 0.1) is 0 Å². The van der Waals surface area contributed by atoms with Gasteiger partial charge in [0.1, 0.15) is 5.75 Å². The number of ether oxygens (including phenoxy) is 1. The molecular formula is C25H32N6O. The molecule has 2 aromatic carbocycles. The van der Waals surface area contributed by atoms with E-state index >= 15 is 0 Å². The van der Waals surface area contributed by atoms with E-state index in [1.165, 1.54) is 11.1 Å². The van der Waals surface area contributed by atoms with Gasteiger partial charge in [-0.05, 0) is 36.6 Å². The summed E-state index contributed by atoms with van der Waals surface area (Å²) in [7, 11) is 1.73. The summed E-state index contributed by atoms with van der Waals surface area (Å²) in [5, 5.41) is 7.01. The van der Waals surface area contributed by atoms with Gasteiger partial charge in [-0.15, -0.1) is 0 Å². The number of benzene rings is 2. The maximum Gasteiger partial charge on any atom is 0.191 e. The van der Waals surface area contributed by atoms with Gasteiger partial charge in [-0.1, -0.05) is 36.4 Å². The first-order valence-electron chi connectivity index (χ1n) is 11.2. The molecule has 0 radical (unpaired) electrons. The van der Waals surface area contributed by atoms with E-state index in [0.29, 0.717) is 12.6 Å². The zero-order valence-electron chi connectivity index (χ0n) is 18.9. The summed E-state index contributed by atoms with van der Waals surface area (Å²) in [5.74, 6) is 1.78. The number of anilines is 1. The number of guanidine groups is 1. The van der Waals surface area contributed by atoms with Crippen molar-refractivity contribution in [3.8, 4) is 5.75 Å². The Kier molecular flexibility index (Phi) is 7.27. The summed E-state index contributed by atoms with van der Waals surface area (Å²) in [6, 6.07) is 17.1. The van der Waals surface area contributed by atoms with Gasteiger partial charge in [0.05, 0.1) is 25.7 Å². The number of nitrogens with one attached hydrogen (secondary N) is 2. The van der Waals surface area contributed by atoms with Crippen LogP contribution in [0.25, 0.3) is 0 Å². The number of para-hydroxylation sites is 2. The van der Waals surface area contributed by atoms with Crippen molar-refractivity contribution in [2.75, 3.05) is 31.6 Å². The van der Waals surface area contributed by atoms with Crippen molar-refractivity contribution in [1.29, 1.82) is 0 Å². The maximum atomic E-state index is 5.54. The van der Waals surface area contributed by atoms with Gasteiger partial charge < -0.3 is 24.8 Å². The fourth-order valence-electron chi connectivity index (χ4n) is 4.09. The fraction of sp³-hybridized carbons (Fsp3) is 0.360. The topological polar surface area (TPSA) is 66.7 Å². The molecular weight excluding hydrogens is 400 g/mol. The summed E-state index contributed by atoms with van der Waals surface area (Å²) in [6.45, 7) is 6.29. The molecule has 0 aliphatic carbocycles. The normalized spacial score (nSPS) is 16.2. The molecule has 0 amide bonds. The molecule has 1 aliphatic heterocycles. The number of hydrogen-bond acceptors (Lipinski definition) is 4. The Hall–Kier alpha value is -3.48. The number of imidazole rings is 1. The standard InChI is InChI=1S/C25H32N6O/c1-3-27-25(28-16-20-7-6-8-21(15-20)17-30-14-12-26-19-30)29-22-11-13-31(18-22)23-9-4-5-10-24(23)32-2/h4-10,12,14-15,19,22H,3,11,13,16-18H2,1-2H3,(H2,27,28,29). The van der Waals surface area contributed by atoms with Gasteiger partial charge in [0.15, 0.2) is 5.96 Å². The van der Waals surface area contributed by atoms with Crippen molar-refractivity contribution >= 4 is 11.6 Å². The van der Waals surface area contributed by atoms with E-state index in [0.717, 1.165) is 50.0 Å². The van der Waals surface area contributed by atoms with Crippen molar-refractivity contribution < 1.29 is 4.74 Å². The van der Waals surface area contributed by atoms with E-state index in [1.54, 1.807) is 13.3 Å².